The molecule has 22 nitrogen and oxygen atoms in total. The Morgan fingerprint density at radius 3 is 2.51 bits per heavy atom. The molecule has 1 aliphatic heterocycles. The molecule has 0 bridgehead atoms. The summed E-state index contributed by atoms with van der Waals surface area (Å²) < 4.78 is 22.3. The number of imidazole rings is 1. The topological polar surface area (TPSA) is 274 Å². The van der Waals surface area contributed by atoms with Crippen LogP contribution in [0.4, 0.5) is 10.7 Å². The Morgan fingerprint density at radius 1 is 1.04 bits per heavy atom. The van der Waals surface area contributed by atoms with Crippen molar-refractivity contribution < 1.29 is 49.3 Å². The van der Waals surface area contributed by atoms with E-state index >= 15 is 0 Å². The summed E-state index contributed by atoms with van der Waals surface area (Å²) in [5, 5.41) is 61.6. The molecule has 0 saturated carbocycles. The largest absolute Gasteiger partial charge is 0.460 e. The van der Waals surface area contributed by atoms with Gasteiger partial charge < -0.3 is 50.0 Å². The summed E-state index contributed by atoms with van der Waals surface area (Å²) in [5.41, 5.74) is -0.711. The lowest BCUT2D eigenvalue weighted by molar-refractivity contribution is -0.119. The SMILES string of the molecule is CC#CCn1c(N2CCCC(NC(=O)OC(C)(C)C)C2)nc2c1c(=O)n(Cc1ccc(Cl)cc1C(=O)OCCOCCn1cc(CN(CCCCCC)C[C@H](O)[C@@H](O)[C@H](O)[C@H](O)CO)nn1)c(=O)n2C. The molecule has 1 saturated heterocycles. The summed E-state index contributed by atoms with van der Waals surface area (Å²) in [7, 11) is 1.52. The molecule has 1 amide bonds. The van der Waals surface area contributed by atoms with E-state index in [1.807, 2.05) is 9.80 Å². The summed E-state index contributed by atoms with van der Waals surface area (Å²) in [6, 6.07) is 4.26. The third-order valence-electron chi connectivity index (χ3n) is 11.7. The second kappa shape index (κ2) is 26.2. The van der Waals surface area contributed by atoms with Crippen molar-refractivity contribution in [3.63, 3.8) is 0 Å². The van der Waals surface area contributed by atoms with Crippen molar-refractivity contribution in [1.29, 1.82) is 0 Å². The van der Waals surface area contributed by atoms with E-state index in [0.717, 1.165) is 36.7 Å². The minimum absolute atomic E-state index is 0.0254. The van der Waals surface area contributed by atoms with Crippen LogP contribution in [-0.2, 0) is 47.4 Å². The summed E-state index contributed by atoms with van der Waals surface area (Å²) in [4.78, 5) is 63.1. The van der Waals surface area contributed by atoms with Crippen LogP contribution in [0.25, 0.3) is 11.2 Å². The monoisotopic (exact) mass is 1000 g/mol. The molecule has 70 heavy (non-hydrogen) atoms. The number of nitrogens with zero attached hydrogens (tertiary/aromatic N) is 9. The minimum Gasteiger partial charge on any atom is -0.460 e. The molecule has 5 atom stereocenters. The average molecular weight is 1000 g/mol. The molecule has 23 heteroatoms. The Kier molecular flexibility index (Phi) is 20.8. The first-order valence-corrected chi connectivity index (χ1v) is 24.0. The second-order valence-corrected chi connectivity index (χ2v) is 18.8. The number of nitrogens with one attached hydrogen (secondary N) is 1. The quantitative estimate of drug-likeness (QED) is 0.0311. The third kappa shape index (κ3) is 15.3. The number of aliphatic hydroxyl groups excluding tert-OH is 5. The van der Waals surface area contributed by atoms with Crippen LogP contribution in [0.1, 0.15) is 94.8 Å². The van der Waals surface area contributed by atoms with E-state index in [-0.39, 0.29) is 73.8 Å². The van der Waals surface area contributed by atoms with Gasteiger partial charge in [0.1, 0.15) is 30.5 Å². The number of aromatic nitrogens is 7. The molecule has 4 aromatic rings. The summed E-state index contributed by atoms with van der Waals surface area (Å²) in [6.45, 7) is 10.4. The summed E-state index contributed by atoms with van der Waals surface area (Å²) in [6.07, 6.45) is 0.0484. The number of fused-ring (bicyclic) bond motifs is 1. The number of esters is 1. The van der Waals surface area contributed by atoms with Crippen molar-refractivity contribution in [3.8, 4) is 11.8 Å². The number of benzene rings is 1. The lowest BCUT2D eigenvalue weighted by Gasteiger charge is -2.34. The predicted octanol–water partition coefficient (Wildman–Crippen LogP) is 1.40. The number of hydrogen-bond donors (Lipinski definition) is 6. The molecule has 3 aromatic heterocycles. The van der Waals surface area contributed by atoms with Crippen molar-refractivity contribution >= 4 is 40.8 Å². The highest BCUT2D eigenvalue weighted by atomic mass is 35.5. The van der Waals surface area contributed by atoms with Gasteiger partial charge in [-0.1, -0.05) is 55.0 Å². The molecule has 1 unspecified atom stereocenters. The van der Waals surface area contributed by atoms with Crippen molar-refractivity contribution in [2.75, 3.05) is 57.5 Å². The highest BCUT2D eigenvalue weighted by Gasteiger charge is 2.32. The van der Waals surface area contributed by atoms with Gasteiger partial charge in [-0.05, 0) is 71.2 Å². The molecule has 0 spiro atoms. The van der Waals surface area contributed by atoms with Crippen LogP contribution in [0.3, 0.4) is 0 Å². The van der Waals surface area contributed by atoms with E-state index < -0.39 is 59.9 Å². The van der Waals surface area contributed by atoms with Crippen LogP contribution in [0.2, 0.25) is 5.02 Å². The fourth-order valence-electron chi connectivity index (χ4n) is 8.06. The number of amides is 1. The van der Waals surface area contributed by atoms with Gasteiger partial charge >= 0.3 is 17.8 Å². The molecule has 1 fully saturated rings. The van der Waals surface area contributed by atoms with Gasteiger partial charge in [0, 0.05) is 50.5 Å². The van der Waals surface area contributed by atoms with Crippen LogP contribution in [0.15, 0.2) is 34.0 Å². The molecule has 386 valence electrons. The van der Waals surface area contributed by atoms with E-state index in [0.29, 0.717) is 49.8 Å². The average Bonchev–Trinajstić information content (AvgIpc) is 3.94. The van der Waals surface area contributed by atoms with Gasteiger partial charge in [-0.15, -0.1) is 11.0 Å². The molecule has 1 aliphatic rings. The molecular weight excluding hydrogens is 932 g/mol. The van der Waals surface area contributed by atoms with Gasteiger partial charge in [0.25, 0.3) is 5.56 Å². The van der Waals surface area contributed by atoms with Gasteiger partial charge in [0.05, 0.1) is 56.8 Å². The number of aryl methyl sites for hydroxylation is 1. The van der Waals surface area contributed by atoms with E-state index in [1.54, 1.807) is 55.3 Å². The predicted molar refractivity (Wildman–Crippen MR) is 259 cm³/mol. The van der Waals surface area contributed by atoms with Crippen molar-refractivity contribution in [2.24, 2.45) is 7.05 Å². The maximum atomic E-state index is 14.4. The Labute approximate surface area is 411 Å². The fraction of sp³-hybridized carbons (Fsp3) is 0.638. The van der Waals surface area contributed by atoms with Gasteiger partial charge in [-0.3, -0.25) is 23.4 Å². The van der Waals surface area contributed by atoms with Crippen LogP contribution in [0.5, 0.6) is 0 Å². The number of rotatable bonds is 25. The molecule has 1 aromatic carbocycles. The van der Waals surface area contributed by atoms with Gasteiger partial charge in [-0.2, -0.15) is 4.98 Å². The summed E-state index contributed by atoms with van der Waals surface area (Å²) >= 11 is 6.34. The molecule has 0 radical (unpaired) electrons. The van der Waals surface area contributed by atoms with Crippen molar-refractivity contribution in [1.82, 2.24) is 43.9 Å². The zero-order valence-corrected chi connectivity index (χ0v) is 41.7. The number of alkyl carbamates (subject to hydrolysis) is 1. The van der Waals surface area contributed by atoms with Gasteiger partial charge in [0.2, 0.25) is 5.95 Å². The maximum Gasteiger partial charge on any atom is 0.407 e. The Hall–Kier alpha value is -5.38. The Bertz CT molecular complexity index is 2540. The number of unbranched alkanes of at least 4 members (excludes halogenated alkanes) is 3. The number of halogens is 1. The molecule has 5 rings (SSSR count). The number of carbonyl (C=O) groups excluding carboxylic acids is 2. The van der Waals surface area contributed by atoms with Crippen LogP contribution >= 0.6 is 11.6 Å². The zero-order chi connectivity index (χ0) is 51.1. The van der Waals surface area contributed by atoms with E-state index in [2.05, 4.69) is 34.4 Å². The minimum atomic E-state index is -1.73. The van der Waals surface area contributed by atoms with E-state index in [9.17, 15) is 39.6 Å². The Morgan fingerprint density at radius 2 is 1.80 bits per heavy atom. The van der Waals surface area contributed by atoms with Crippen LogP contribution in [0, 0.1) is 11.8 Å². The van der Waals surface area contributed by atoms with Crippen molar-refractivity contribution in [2.45, 2.75) is 135 Å². The van der Waals surface area contributed by atoms with E-state index in [4.69, 9.17) is 35.9 Å². The third-order valence-corrected chi connectivity index (χ3v) is 11.9. The van der Waals surface area contributed by atoms with Crippen molar-refractivity contribution in [3.05, 3.63) is 67.1 Å². The number of aliphatic hydroxyl groups is 5. The fourth-order valence-corrected chi connectivity index (χ4v) is 8.23. The second-order valence-electron chi connectivity index (χ2n) is 18.4. The van der Waals surface area contributed by atoms with Crippen LogP contribution < -0.4 is 21.5 Å². The molecule has 6 N–H and O–H groups in total. The first-order valence-electron chi connectivity index (χ1n) is 23.7. The first kappa shape index (κ1) is 55.5. The standard InChI is InChI=1S/C47H69ClN10O12/c1-7-9-11-12-17-54(29-36(60)39(62)40(63)37(61)30-59)26-34-28-56(52-51-34)20-21-68-22-23-69-43(65)35-24-32(48)16-15-31(35)25-58-42(64)38-41(53(6)46(58)67)50-44(57(38)19-10-8-2)55-18-13-14-33(27-55)49-45(66)70-47(3,4)5/h15-16,24,28,33,36-37,39-40,59-63H,7,9,11-14,17-23,25-27,29-30H2,1-6H3,(H,49,66)/t33?,36-,37+,39+,40+/m0/s1. The smallest absolute Gasteiger partial charge is 0.407 e. The number of anilines is 1. The lowest BCUT2D eigenvalue weighted by atomic mass is 10.0. The normalized spacial score (nSPS) is 15.9. The van der Waals surface area contributed by atoms with E-state index in [1.165, 1.54) is 17.7 Å². The number of carbonyl (C=O) groups is 2. The number of piperidine rings is 1. The highest BCUT2D eigenvalue weighted by molar-refractivity contribution is 6.31. The molecule has 4 heterocycles. The number of hydrogen-bond acceptors (Lipinski definition) is 17. The highest BCUT2D eigenvalue weighted by Crippen LogP contribution is 2.25. The number of ether oxygens (including phenoxy) is 3. The van der Waals surface area contributed by atoms with Gasteiger partial charge in [0.15, 0.2) is 11.2 Å². The van der Waals surface area contributed by atoms with Crippen LogP contribution in [-0.4, -0.2) is 165 Å². The molecular formula is C47H69ClN10O12. The lowest BCUT2D eigenvalue weighted by Crippen LogP contribution is -2.49. The Balaban J connectivity index is 1.21. The zero-order valence-electron chi connectivity index (χ0n) is 40.9. The van der Waals surface area contributed by atoms with Gasteiger partial charge in [-0.25, -0.2) is 19.1 Å². The first-order chi connectivity index (χ1) is 33.3. The molecule has 0 aliphatic carbocycles. The maximum absolute atomic E-state index is 14.4. The summed E-state index contributed by atoms with van der Waals surface area (Å²) in [5.74, 6) is 5.57.